The van der Waals surface area contributed by atoms with Crippen molar-refractivity contribution in [2.75, 3.05) is 16.8 Å². The van der Waals surface area contributed by atoms with Gasteiger partial charge in [-0.15, -0.1) is 0 Å². The molecule has 172 valence electrons. The van der Waals surface area contributed by atoms with Gasteiger partial charge < -0.3 is 10.1 Å². The maximum absolute atomic E-state index is 12.6. The van der Waals surface area contributed by atoms with Crippen LogP contribution in [0.3, 0.4) is 0 Å². The summed E-state index contributed by atoms with van der Waals surface area (Å²) < 4.78 is 5.60. The zero-order chi connectivity index (χ0) is 24.1. The Bertz CT molecular complexity index is 1200. The van der Waals surface area contributed by atoms with Gasteiger partial charge in [0.2, 0.25) is 0 Å². The average Bonchev–Trinajstić information content (AvgIpc) is 3.10. The summed E-state index contributed by atoms with van der Waals surface area (Å²) in [4.78, 5) is 38.9. The number of nitrogens with one attached hydrogen (secondary N) is 2. The Morgan fingerprint density at radius 3 is 2.12 bits per heavy atom. The van der Waals surface area contributed by atoms with Crippen LogP contribution in [0.25, 0.3) is 0 Å². The number of amides is 3. The smallest absolute Gasteiger partial charge is 0.266 e. The normalized spacial score (nSPS) is 12.3. The molecule has 0 aromatic heterocycles. The van der Waals surface area contributed by atoms with E-state index in [4.69, 9.17) is 17.0 Å². The second kappa shape index (κ2) is 10.3. The summed E-state index contributed by atoms with van der Waals surface area (Å²) in [5, 5.41) is 5.69. The minimum absolute atomic E-state index is 0.127. The van der Waals surface area contributed by atoms with Crippen molar-refractivity contribution in [3.63, 3.8) is 0 Å². The van der Waals surface area contributed by atoms with E-state index in [1.165, 1.54) is 0 Å². The van der Waals surface area contributed by atoms with Crippen molar-refractivity contribution in [2.24, 2.45) is 0 Å². The number of fused-ring (bicyclic) bond motifs is 1. The number of thiocarbonyl (C=S) groups is 1. The van der Waals surface area contributed by atoms with Crippen LogP contribution in [0, 0.1) is 0 Å². The molecular formula is C26H23N3O4S. The molecule has 3 aromatic rings. The van der Waals surface area contributed by atoms with Crippen LogP contribution in [0.5, 0.6) is 5.75 Å². The topological polar surface area (TPSA) is 87.7 Å². The Balaban J connectivity index is 1.34. The van der Waals surface area contributed by atoms with Gasteiger partial charge in [-0.3, -0.25) is 19.7 Å². The largest absolute Gasteiger partial charge is 0.494 e. The molecule has 7 nitrogen and oxygen atoms in total. The molecule has 0 atom stereocenters. The third-order valence-corrected chi connectivity index (χ3v) is 5.49. The van der Waals surface area contributed by atoms with Gasteiger partial charge >= 0.3 is 0 Å². The first-order chi connectivity index (χ1) is 16.5. The van der Waals surface area contributed by atoms with Gasteiger partial charge in [0.25, 0.3) is 17.7 Å². The molecule has 2 N–H and O–H groups in total. The minimum Gasteiger partial charge on any atom is -0.494 e. The molecule has 0 fully saturated rings. The van der Waals surface area contributed by atoms with E-state index in [1.807, 2.05) is 0 Å². The van der Waals surface area contributed by atoms with Gasteiger partial charge in [0, 0.05) is 11.3 Å². The number of carbonyl (C=O) groups excluding carboxylic acids is 3. The molecule has 0 saturated heterocycles. The Morgan fingerprint density at radius 1 is 0.912 bits per heavy atom. The number of hydrogen-bond acceptors (Lipinski definition) is 5. The van der Waals surface area contributed by atoms with E-state index in [2.05, 4.69) is 17.6 Å². The van der Waals surface area contributed by atoms with Crippen molar-refractivity contribution >= 4 is 46.4 Å². The molecule has 3 amide bonds. The number of anilines is 2. The van der Waals surface area contributed by atoms with Gasteiger partial charge in [-0.1, -0.05) is 25.5 Å². The molecule has 3 aromatic carbocycles. The second-order valence-corrected chi connectivity index (χ2v) is 8.08. The van der Waals surface area contributed by atoms with Crippen molar-refractivity contribution in [3.05, 3.63) is 89.5 Å². The second-order valence-electron chi connectivity index (χ2n) is 7.67. The fourth-order valence-corrected chi connectivity index (χ4v) is 3.70. The van der Waals surface area contributed by atoms with Gasteiger partial charge in [-0.25, -0.2) is 4.90 Å². The van der Waals surface area contributed by atoms with Crippen LogP contribution >= 0.6 is 12.2 Å². The lowest BCUT2D eigenvalue weighted by Gasteiger charge is -2.15. The van der Waals surface area contributed by atoms with Crippen LogP contribution in [0.1, 0.15) is 50.8 Å². The molecule has 1 heterocycles. The zero-order valence-corrected chi connectivity index (χ0v) is 19.4. The van der Waals surface area contributed by atoms with Gasteiger partial charge in [-0.05, 0) is 79.3 Å². The molecule has 4 rings (SSSR count). The molecule has 0 aliphatic carbocycles. The van der Waals surface area contributed by atoms with Crippen molar-refractivity contribution in [2.45, 2.75) is 19.8 Å². The lowest BCUT2D eigenvalue weighted by atomic mass is 10.1. The van der Waals surface area contributed by atoms with Crippen molar-refractivity contribution < 1.29 is 19.1 Å². The van der Waals surface area contributed by atoms with E-state index in [9.17, 15) is 14.4 Å². The highest BCUT2D eigenvalue weighted by Gasteiger charge is 2.36. The van der Waals surface area contributed by atoms with Crippen LogP contribution in [0.15, 0.2) is 72.8 Å². The van der Waals surface area contributed by atoms with E-state index in [0.717, 1.165) is 17.7 Å². The SMILES string of the molecule is CCCCOc1ccc(C(=O)NC(=S)Nc2ccc(N3C(=O)c4ccccc4C3=O)cc2)cc1. The summed E-state index contributed by atoms with van der Waals surface area (Å²) in [5.41, 5.74) is 2.28. The first kappa shape index (κ1) is 23.1. The van der Waals surface area contributed by atoms with Crippen LogP contribution in [-0.2, 0) is 0 Å². The third-order valence-electron chi connectivity index (χ3n) is 5.29. The highest BCUT2D eigenvalue weighted by atomic mass is 32.1. The summed E-state index contributed by atoms with van der Waals surface area (Å²) in [5.74, 6) is -0.346. The predicted molar refractivity (Wildman–Crippen MR) is 135 cm³/mol. The molecule has 0 bridgehead atoms. The zero-order valence-electron chi connectivity index (χ0n) is 18.5. The van der Waals surface area contributed by atoms with Crippen LogP contribution in [-0.4, -0.2) is 29.4 Å². The molecule has 0 radical (unpaired) electrons. The molecule has 0 unspecified atom stereocenters. The van der Waals surface area contributed by atoms with Crippen molar-refractivity contribution in [1.29, 1.82) is 0 Å². The Labute approximate surface area is 202 Å². The number of ether oxygens (including phenoxy) is 1. The highest BCUT2D eigenvalue weighted by Crippen LogP contribution is 2.29. The molecule has 34 heavy (non-hydrogen) atoms. The fraction of sp³-hybridized carbons (Fsp3) is 0.154. The maximum atomic E-state index is 12.6. The summed E-state index contributed by atoms with van der Waals surface area (Å²) in [6, 6.07) is 20.2. The number of hydrogen-bond donors (Lipinski definition) is 2. The Kier molecular flexibility index (Phi) is 6.98. The third kappa shape index (κ3) is 4.97. The number of unbranched alkanes of at least 4 members (excludes halogenated alkanes) is 1. The number of benzene rings is 3. The maximum Gasteiger partial charge on any atom is 0.266 e. The molecule has 0 saturated carbocycles. The molecule has 0 spiro atoms. The monoisotopic (exact) mass is 473 g/mol. The van der Waals surface area contributed by atoms with Gasteiger partial charge in [0.1, 0.15) is 5.75 Å². The lowest BCUT2D eigenvalue weighted by molar-refractivity contribution is 0.0923. The van der Waals surface area contributed by atoms with Gasteiger partial charge in [0.15, 0.2) is 5.11 Å². The van der Waals surface area contributed by atoms with Crippen molar-refractivity contribution in [3.8, 4) is 5.75 Å². The quantitative estimate of drug-likeness (QED) is 0.291. The standard InChI is InChI=1S/C26H23N3O4S/c1-2-3-16-33-20-14-8-17(9-15-20)23(30)28-26(34)27-18-10-12-19(13-11-18)29-24(31)21-6-4-5-7-22(21)25(29)32/h4-15H,2-3,16H2,1H3,(H2,27,28,30,34). The number of rotatable bonds is 7. The van der Waals surface area contributed by atoms with Crippen LogP contribution in [0.2, 0.25) is 0 Å². The molecule has 1 aliphatic rings. The summed E-state index contributed by atoms with van der Waals surface area (Å²) in [6.45, 7) is 2.73. The van der Waals surface area contributed by atoms with E-state index in [-0.39, 0.29) is 22.8 Å². The molecule has 8 heteroatoms. The molecule has 1 aliphatic heterocycles. The summed E-state index contributed by atoms with van der Waals surface area (Å²) in [6.07, 6.45) is 2.03. The van der Waals surface area contributed by atoms with Crippen molar-refractivity contribution in [1.82, 2.24) is 5.32 Å². The molecular weight excluding hydrogens is 450 g/mol. The average molecular weight is 474 g/mol. The predicted octanol–water partition coefficient (Wildman–Crippen LogP) is 4.79. The number of carbonyl (C=O) groups is 3. The van der Waals surface area contributed by atoms with E-state index in [0.29, 0.717) is 40.4 Å². The minimum atomic E-state index is -0.356. The first-order valence-electron chi connectivity index (χ1n) is 10.9. The van der Waals surface area contributed by atoms with E-state index >= 15 is 0 Å². The fourth-order valence-electron chi connectivity index (χ4n) is 3.49. The van der Waals surface area contributed by atoms with Gasteiger partial charge in [0.05, 0.1) is 23.4 Å². The van der Waals surface area contributed by atoms with Crippen LogP contribution in [0.4, 0.5) is 11.4 Å². The summed E-state index contributed by atoms with van der Waals surface area (Å²) >= 11 is 5.25. The van der Waals surface area contributed by atoms with E-state index in [1.54, 1.807) is 72.8 Å². The lowest BCUT2D eigenvalue weighted by Crippen LogP contribution is -2.34. The van der Waals surface area contributed by atoms with Crippen LogP contribution < -0.4 is 20.3 Å². The Hall–Kier alpha value is -4.04. The summed E-state index contributed by atoms with van der Waals surface area (Å²) in [7, 11) is 0. The van der Waals surface area contributed by atoms with Gasteiger partial charge in [-0.2, -0.15) is 0 Å². The highest BCUT2D eigenvalue weighted by molar-refractivity contribution is 7.80. The number of imide groups is 1. The Morgan fingerprint density at radius 2 is 1.53 bits per heavy atom. The van der Waals surface area contributed by atoms with E-state index < -0.39 is 0 Å². The number of nitrogens with zero attached hydrogens (tertiary/aromatic N) is 1. The first-order valence-corrected chi connectivity index (χ1v) is 11.3.